The van der Waals surface area contributed by atoms with E-state index in [9.17, 15) is 14.0 Å². The Hall–Kier alpha value is -2.89. The van der Waals surface area contributed by atoms with E-state index < -0.39 is 0 Å². The summed E-state index contributed by atoms with van der Waals surface area (Å²) < 4.78 is 18.5. The molecule has 0 spiro atoms. The molecule has 0 radical (unpaired) electrons. The molecule has 2 amide bonds. The van der Waals surface area contributed by atoms with Gasteiger partial charge in [-0.05, 0) is 48.4 Å². The molecule has 6 heteroatoms. The van der Waals surface area contributed by atoms with E-state index in [4.69, 9.17) is 4.74 Å². The SMILES string of the molecule is CCCCNC(=O)C1CN(C(=O)c2ccc(OC)cc2)CC1c1ccc(F)cc1. The van der Waals surface area contributed by atoms with Crippen LogP contribution in [0.2, 0.25) is 0 Å². The molecule has 0 bridgehead atoms. The minimum absolute atomic E-state index is 0.0576. The lowest BCUT2D eigenvalue weighted by Crippen LogP contribution is -2.36. The molecule has 29 heavy (non-hydrogen) atoms. The number of hydrogen-bond acceptors (Lipinski definition) is 3. The van der Waals surface area contributed by atoms with Gasteiger partial charge in [0.15, 0.2) is 0 Å². The maximum atomic E-state index is 13.4. The highest BCUT2D eigenvalue weighted by Crippen LogP contribution is 2.34. The lowest BCUT2D eigenvalue weighted by atomic mass is 9.88. The molecule has 0 saturated carbocycles. The predicted octanol–water partition coefficient (Wildman–Crippen LogP) is 3.61. The Morgan fingerprint density at radius 1 is 1.10 bits per heavy atom. The number of halogens is 1. The fourth-order valence-corrected chi connectivity index (χ4v) is 3.72. The molecule has 1 saturated heterocycles. The van der Waals surface area contributed by atoms with Gasteiger partial charge in [-0.25, -0.2) is 4.39 Å². The van der Waals surface area contributed by atoms with Crippen LogP contribution in [0.3, 0.4) is 0 Å². The van der Waals surface area contributed by atoms with Crippen LogP contribution in [-0.2, 0) is 4.79 Å². The monoisotopic (exact) mass is 398 g/mol. The number of unbranched alkanes of at least 4 members (excludes halogenated alkanes) is 1. The quantitative estimate of drug-likeness (QED) is 0.725. The lowest BCUT2D eigenvalue weighted by molar-refractivity contribution is -0.124. The standard InChI is InChI=1S/C23H27FN2O3/c1-3-4-13-25-22(27)21-15-26(14-20(21)16-5-9-18(24)10-6-16)23(28)17-7-11-19(29-2)12-8-17/h5-12,20-21H,3-4,13-15H2,1-2H3,(H,25,27). The highest BCUT2D eigenvalue weighted by molar-refractivity contribution is 5.95. The fraction of sp³-hybridized carbons (Fsp3) is 0.391. The highest BCUT2D eigenvalue weighted by Gasteiger charge is 2.40. The van der Waals surface area contributed by atoms with Crippen LogP contribution in [0.5, 0.6) is 5.75 Å². The Morgan fingerprint density at radius 2 is 1.79 bits per heavy atom. The average Bonchev–Trinajstić information content (AvgIpc) is 3.19. The first-order valence-corrected chi connectivity index (χ1v) is 10.00. The molecule has 3 rings (SSSR count). The highest BCUT2D eigenvalue weighted by atomic mass is 19.1. The third kappa shape index (κ3) is 4.94. The summed E-state index contributed by atoms with van der Waals surface area (Å²) in [6.07, 6.45) is 1.91. The van der Waals surface area contributed by atoms with Crippen molar-refractivity contribution in [1.29, 1.82) is 0 Å². The zero-order valence-corrected chi connectivity index (χ0v) is 16.9. The second-order valence-corrected chi connectivity index (χ2v) is 7.35. The summed E-state index contributed by atoms with van der Waals surface area (Å²) in [5.74, 6) is -0.345. The number of nitrogens with one attached hydrogen (secondary N) is 1. The van der Waals surface area contributed by atoms with Crippen LogP contribution in [0.1, 0.15) is 41.6 Å². The van der Waals surface area contributed by atoms with Gasteiger partial charge in [0.25, 0.3) is 5.91 Å². The van der Waals surface area contributed by atoms with E-state index in [0.29, 0.717) is 30.9 Å². The summed E-state index contributed by atoms with van der Waals surface area (Å²) in [5, 5.41) is 2.98. The van der Waals surface area contributed by atoms with Gasteiger partial charge in [0.1, 0.15) is 11.6 Å². The molecule has 1 aliphatic rings. The average molecular weight is 398 g/mol. The number of likely N-dealkylation sites (tertiary alicyclic amines) is 1. The molecule has 1 aliphatic heterocycles. The summed E-state index contributed by atoms with van der Waals surface area (Å²) in [6.45, 7) is 3.44. The minimum atomic E-state index is -0.362. The van der Waals surface area contributed by atoms with E-state index in [0.717, 1.165) is 18.4 Å². The van der Waals surface area contributed by atoms with Crippen LogP contribution in [0, 0.1) is 11.7 Å². The van der Waals surface area contributed by atoms with Gasteiger partial charge in [0.2, 0.25) is 5.91 Å². The van der Waals surface area contributed by atoms with Crippen molar-refractivity contribution in [3.8, 4) is 5.75 Å². The third-order valence-electron chi connectivity index (χ3n) is 5.41. The number of methoxy groups -OCH3 is 1. The Kier molecular flexibility index (Phi) is 6.86. The molecule has 0 aromatic heterocycles. The number of amides is 2. The van der Waals surface area contributed by atoms with E-state index in [-0.39, 0.29) is 29.5 Å². The van der Waals surface area contributed by atoms with E-state index in [1.165, 1.54) is 12.1 Å². The molecule has 1 N–H and O–H groups in total. The molecule has 2 unspecified atom stereocenters. The number of benzene rings is 2. The van der Waals surface area contributed by atoms with Crippen LogP contribution < -0.4 is 10.1 Å². The number of carbonyl (C=O) groups excluding carboxylic acids is 2. The normalized spacial score (nSPS) is 18.5. The lowest BCUT2D eigenvalue weighted by Gasteiger charge is -2.18. The first kappa shape index (κ1) is 20.8. The molecule has 2 atom stereocenters. The van der Waals surface area contributed by atoms with Crippen molar-refractivity contribution in [2.45, 2.75) is 25.7 Å². The first-order chi connectivity index (χ1) is 14.0. The zero-order valence-electron chi connectivity index (χ0n) is 16.9. The molecular weight excluding hydrogens is 371 g/mol. The van der Waals surface area contributed by atoms with E-state index in [1.54, 1.807) is 48.4 Å². The summed E-state index contributed by atoms with van der Waals surface area (Å²) in [5.41, 5.74) is 1.42. The summed E-state index contributed by atoms with van der Waals surface area (Å²) in [7, 11) is 1.58. The van der Waals surface area contributed by atoms with Gasteiger partial charge in [-0.1, -0.05) is 25.5 Å². The minimum Gasteiger partial charge on any atom is -0.497 e. The van der Waals surface area contributed by atoms with Crippen LogP contribution in [-0.4, -0.2) is 43.5 Å². The van der Waals surface area contributed by atoms with Crippen LogP contribution in [0.15, 0.2) is 48.5 Å². The topological polar surface area (TPSA) is 58.6 Å². The molecule has 1 fully saturated rings. The number of rotatable bonds is 7. The number of hydrogen-bond donors (Lipinski definition) is 1. The molecule has 2 aromatic rings. The largest absolute Gasteiger partial charge is 0.497 e. The molecule has 1 heterocycles. The molecule has 2 aromatic carbocycles. The number of carbonyl (C=O) groups is 2. The van der Waals surface area contributed by atoms with Gasteiger partial charge in [0.05, 0.1) is 13.0 Å². The fourth-order valence-electron chi connectivity index (χ4n) is 3.72. The number of nitrogens with zero attached hydrogens (tertiary/aromatic N) is 1. The molecular formula is C23H27FN2O3. The Balaban J connectivity index is 1.80. The van der Waals surface area contributed by atoms with Crippen molar-refractivity contribution in [2.75, 3.05) is 26.7 Å². The zero-order chi connectivity index (χ0) is 20.8. The maximum absolute atomic E-state index is 13.4. The summed E-state index contributed by atoms with van der Waals surface area (Å²) in [6, 6.07) is 13.1. The van der Waals surface area contributed by atoms with Gasteiger partial charge in [-0.2, -0.15) is 0 Å². The van der Waals surface area contributed by atoms with Gasteiger partial charge in [0, 0.05) is 31.1 Å². The smallest absolute Gasteiger partial charge is 0.253 e. The predicted molar refractivity (Wildman–Crippen MR) is 109 cm³/mol. The van der Waals surface area contributed by atoms with Crippen molar-refractivity contribution in [3.63, 3.8) is 0 Å². The van der Waals surface area contributed by atoms with Gasteiger partial charge < -0.3 is 15.0 Å². The Bertz CT molecular complexity index is 836. The van der Waals surface area contributed by atoms with Crippen LogP contribution in [0.4, 0.5) is 4.39 Å². The van der Waals surface area contributed by atoms with Crippen LogP contribution >= 0.6 is 0 Å². The van der Waals surface area contributed by atoms with Crippen molar-refractivity contribution < 1.29 is 18.7 Å². The van der Waals surface area contributed by atoms with Crippen molar-refractivity contribution in [3.05, 3.63) is 65.5 Å². The second kappa shape index (κ2) is 9.54. The Morgan fingerprint density at radius 3 is 2.41 bits per heavy atom. The van der Waals surface area contributed by atoms with Crippen LogP contribution in [0.25, 0.3) is 0 Å². The van der Waals surface area contributed by atoms with Crippen molar-refractivity contribution in [1.82, 2.24) is 10.2 Å². The second-order valence-electron chi connectivity index (χ2n) is 7.35. The van der Waals surface area contributed by atoms with Crippen molar-refractivity contribution >= 4 is 11.8 Å². The van der Waals surface area contributed by atoms with Gasteiger partial charge >= 0.3 is 0 Å². The van der Waals surface area contributed by atoms with Crippen molar-refractivity contribution in [2.24, 2.45) is 5.92 Å². The van der Waals surface area contributed by atoms with E-state index in [2.05, 4.69) is 12.2 Å². The maximum Gasteiger partial charge on any atom is 0.253 e. The summed E-state index contributed by atoms with van der Waals surface area (Å²) in [4.78, 5) is 27.5. The number of ether oxygens (including phenoxy) is 1. The van der Waals surface area contributed by atoms with E-state index >= 15 is 0 Å². The molecule has 0 aliphatic carbocycles. The van der Waals surface area contributed by atoms with Gasteiger partial charge in [-0.3, -0.25) is 9.59 Å². The molecule has 5 nitrogen and oxygen atoms in total. The first-order valence-electron chi connectivity index (χ1n) is 10.00. The molecule has 154 valence electrons. The van der Waals surface area contributed by atoms with Gasteiger partial charge in [-0.15, -0.1) is 0 Å². The Labute approximate surface area is 170 Å². The van der Waals surface area contributed by atoms with E-state index in [1.807, 2.05) is 0 Å². The third-order valence-corrected chi connectivity index (χ3v) is 5.41. The summed E-state index contributed by atoms with van der Waals surface area (Å²) >= 11 is 0.